The standard InChI is InChI=1S/C46H77O13P/c1-3-5-7-9-11-13-15-17-18-19-20-21-22-23-25-27-29-31-33-35-40(48)58-38(36-56-39(47)34-32-30-28-26-24-16-14-12-10-8-6-4-2)37-57-60(54,55)59-46-44(52)42(50)41(49)43(51)45(46)53/h5,7,11,13,17-18,20-21,23,25,29,31,38,41-46,49-53H,3-4,6,8-10,12,14-16,19,22,24,26-28,30,32-37H2,1-2H3,(H,54,55)/b7-5-,13-11-,18-17-,21-20-,25-23-,31-29-. The molecule has 1 aliphatic carbocycles. The van der Waals surface area contributed by atoms with Gasteiger partial charge in [-0.25, -0.2) is 4.57 Å². The third-order valence-corrected chi connectivity index (χ3v) is 10.8. The van der Waals surface area contributed by atoms with E-state index in [9.17, 15) is 44.6 Å². The minimum Gasteiger partial charge on any atom is -0.462 e. The van der Waals surface area contributed by atoms with Crippen LogP contribution in [0, 0.1) is 0 Å². The molecule has 0 aromatic rings. The number of rotatable bonds is 35. The molecule has 1 rings (SSSR count). The summed E-state index contributed by atoms with van der Waals surface area (Å²) in [6.45, 7) is 3.10. The van der Waals surface area contributed by atoms with E-state index in [0.717, 1.165) is 51.4 Å². The zero-order chi connectivity index (χ0) is 44.3. The van der Waals surface area contributed by atoms with Crippen molar-refractivity contribution in [3.63, 3.8) is 0 Å². The Morgan fingerprint density at radius 1 is 0.533 bits per heavy atom. The molecule has 1 aliphatic rings. The number of allylic oxidation sites excluding steroid dienone is 12. The number of hydrogen-bond acceptors (Lipinski definition) is 12. The van der Waals surface area contributed by atoms with Crippen LogP contribution < -0.4 is 0 Å². The zero-order valence-corrected chi connectivity index (χ0v) is 37.1. The molecule has 1 fully saturated rings. The van der Waals surface area contributed by atoms with Crippen molar-refractivity contribution in [2.75, 3.05) is 13.2 Å². The Hall–Kier alpha value is -2.71. The first-order valence-electron chi connectivity index (χ1n) is 22.2. The summed E-state index contributed by atoms with van der Waals surface area (Å²) in [4.78, 5) is 35.6. The number of phosphoric ester groups is 1. The third kappa shape index (κ3) is 28.0. The van der Waals surface area contributed by atoms with Crippen molar-refractivity contribution >= 4 is 19.8 Å². The molecule has 60 heavy (non-hydrogen) atoms. The molecule has 344 valence electrons. The van der Waals surface area contributed by atoms with Crippen molar-refractivity contribution in [3.05, 3.63) is 72.9 Å². The monoisotopic (exact) mass is 869 g/mol. The molecule has 0 aromatic heterocycles. The Kier molecular flexibility index (Phi) is 33.0. The Morgan fingerprint density at radius 3 is 1.42 bits per heavy atom. The molecule has 0 heterocycles. The summed E-state index contributed by atoms with van der Waals surface area (Å²) in [5.74, 6) is -1.20. The van der Waals surface area contributed by atoms with Crippen LogP contribution in [0.25, 0.3) is 0 Å². The lowest BCUT2D eigenvalue weighted by Crippen LogP contribution is -2.64. The van der Waals surface area contributed by atoms with Gasteiger partial charge in [0.2, 0.25) is 0 Å². The first-order valence-corrected chi connectivity index (χ1v) is 23.7. The highest BCUT2D eigenvalue weighted by Crippen LogP contribution is 2.47. The number of phosphoric acid groups is 1. The number of unbranched alkanes of at least 4 members (excludes halogenated alkanes) is 11. The Labute approximate surface area is 359 Å². The zero-order valence-electron chi connectivity index (χ0n) is 36.2. The average molecular weight is 869 g/mol. The molecule has 0 spiro atoms. The van der Waals surface area contributed by atoms with Crippen LogP contribution in [0.5, 0.6) is 0 Å². The summed E-state index contributed by atoms with van der Waals surface area (Å²) in [5.41, 5.74) is 0. The predicted octanol–water partition coefficient (Wildman–Crippen LogP) is 8.33. The highest BCUT2D eigenvalue weighted by Gasteiger charge is 2.51. The second-order valence-corrected chi connectivity index (χ2v) is 16.6. The van der Waals surface area contributed by atoms with Gasteiger partial charge in [0.1, 0.15) is 43.2 Å². The van der Waals surface area contributed by atoms with Crippen LogP contribution in [0.4, 0.5) is 0 Å². The summed E-state index contributed by atoms with van der Waals surface area (Å²) in [6.07, 6.45) is 31.2. The van der Waals surface area contributed by atoms with Gasteiger partial charge in [0, 0.05) is 12.8 Å². The topological polar surface area (TPSA) is 210 Å². The van der Waals surface area contributed by atoms with E-state index in [1.54, 1.807) is 0 Å². The minimum absolute atomic E-state index is 0.0304. The maximum atomic E-state index is 12.8. The van der Waals surface area contributed by atoms with Crippen LogP contribution in [0.2, 0.25) is 0 Å². The van der Waals surface area contributed by atoms with Gasteiger partial charge in [-0.1, -0.05) is 157 Å². The van der Waals surface area contributed by atoms with Crippen molar-refractivity contribution in [1.82, 2.24) is 0 Å². The van der Waals surface area contributed by atoms with Gasteiger partial charge >= 0.3 is 19.8 Å². The number of ether oxygens (including phenoxy) is 2. The van der Waals surface area contributed by atoms with Crippen molar-refractivity contribution < 1.29 is 63.1 Å². The van der Waals surface area contributed by atoms with E-state index in [1.807, 2.05) is 18.2 Å². The molecule has 0 radical (unpaired) electrons. The van der Waals surface area contributed by atoms with Gasteiger partial charge in [-0.3, -0.25) is 18.6 Å². The first-order chi connectivity index (χ1) is 28.9. The largest absolute Gasteiger partial charge is 0.472 e. The van der Waals surface area contributed by atoms with E-state index >= 15 is 0 Å². The molecule has 0 aliphatic heterocycles. The van der Waals surface area contributed by atoms with E-state index in [0.29, 0.717) is 19.3 Å². The van der Waals surface area contributed by atoms with Gasteiger partial charge in [0.05, 0.1) is 6.61 Å². The molecule has 13 nitrogen and oxygen atoms in total. The highest BCUT2D eigenvalue weighted by molar-refractivity contribution is 7.47. The highest BCUT2D eigenvalue weighted by atomic mass is 31.2. The molecule has 6 unspecified atom stereocenters. The SMILES string of the molecule is CC/C=C\C/C=C\C/C=C\C/C=C\C/C=C\C/C=C\CCC(=O)OC(COC(=O)CCCCCCCCCCCCCC)COP(=O)(O)OC1C(O)C(O)C(O)C(O)C1O. The number of carbonyl (C=O) groups is 2. The summed E-state index contributed by atoms with van der Waals surface area (Å²) in [7, 11) is -5.14. The molecular formula is C46H77O13P. The van der Waals surface area contributed by atoms with Gasteiger partial charge in [-0.2, -0.15) is 0 Å². The fourth-order valence-corrected chi connectivity index (χ4v) is 7.23. The van der Waals surface area contributed by atoms with Gasteiger partial charge in [0.25, 0.3) is 0 Å². The molecule has 0 amide bonds. The second-order valence-electron chi connectivity index (χ2n) is 15.2. The van der Waals surface area contributed by atoms with E-state index in [4.69, 9.17) is 18.5 Å². The van der Waals surface area contributed by atoms with Gasteiger partial charge in [-0.15, -0.1) is 0 Å². The smallest absolute Gasteiger partial charge is 0.462 e. The van der Waals surface area contributed by atoms with Crippen LogP contribution >= 0.6 is 7.82 Å². The van der Waals surface area contributed by atoms with Gasteiger partial charge in [0.15, 0.2) is 6.10 Å². The molecule has 14 heteroatoms. The molecule has 1 saturated carbocycles. The number of aliphatic hydroxyl groups is 5. The van der Waals surface area contributed by atoms with Crippen LogP contribution in [0.15, 0.2) is 72.9 Å². The van der Waals surface area contributed by atoms with E-state index in [1.165, 1.54) is 51.4 Å². The Bertz CT molecular complexity index is 1330. The fourth-order valence-electron chi connectivity index (χ4n) is 6.25. The first kappa shape index (κ1) is 55.3. The summed E-state index contributed by atoms with van der Waals surface area (Å²) < 4.78 is 33.4. The molecule has 6 atom stereocenters. The lowest BCUT2D eigenvalue weighted by atomic mass is 9.85. The maximum Gasteiger partial charge on any atom is 0.472 e. The summed E-state index contributed by atoms with van der Waals surface area (Å²) in [5, 5.41) is 50.1. The minimum atomic E-state index is -5.14. The maximum absolute atomic E-state index is 12.8. The molecule has 0 bridgehead atoms. The quantitative estimate of drug-likeness (QED) is 0.0153. The van der Waals surface area contributed by atoms with E-state index in [-0.39, 0.29) is 12.8 Å². The number of carbonyl (C=O) groups excluding carboxylic acids is 2. The van der Waals surface area contributed by atoms with Crippen LogP contribution in [-0.2, 0) is 32.7 Å². The number of hydrogen-bond donors (Lipinski definition) is 6. The summed E-state index contributed by atoms with van der Waals surface area (Å²) >= 11 is 0. The Morgan fingerprint density at radius 2 is 0.950 bits per heavy atom. The fraction of sp³-hybridized carbons (Fsp3) is 0.696. The lowest BCUT2D eigenvalue weighted by molar-refractivity contribution is -0.220. The van der Waals surface area contributed by atoms with Crippen LogP contribution in [0.1, 0.15) is 149 Å². The number of aliphatic hydroxyl groups excluding tert-OH is 5. The Balaban J connectivity index is 2.54. The van der Waals surface area contributed by atoms with Crippen molar-refractivity contribution in [2.45, 2.75) is 191 Å². The predicted molar refractivity (Wildman–Crippen MR) is 235 cm³/mol. The van der Waals surface area contributed by atoms with Crippen LogP contribution in [0.3, 0.4) is 0 Å². The van der Waals surface area contributed by atoms with Gasteiger partial charge < -0.3 is 39.9 Å². The summed E-state index contributed by atoms with van der Waals surface area (Å²) in [6, 6.07) is 0. The lowest BCUT2D eigenvalue weighted by Gasteiger charge is -2.41. The van der Waals surface area contributed by atoms with Crippen molar-refractivity contribution in [3.8, 4) is 0 Å². The van der Waals surface area contributed by atoms with Crippen LogP contribution in [-0.4, -0.2) is 98.3 Å². The van der Waals surface area contributed by atoms with E-state index in [2.05, 4.69) is 68.5 Å². The normalized spacial score (nSPS) is 22.9. The molecule has 0 aromatic carbocycles. The number of esters is 2. The molecule has 0 saturated heterocycles. The van der Waals surface area contributed by atoms with Crippen molar-refractivity contribution in [1.29, 1.82) is 0 Å². The van der Waals surface area contributed by atoms with E-state index < -0.39 is 75.7 Å². The second kappa shape index (κ2) is 35.8. The molecule has 6 N–H and O–H groups in total. The van der Waals surface area contributed by atoms with Crippen molar-refractivity contribution in [2.24, 2.45) is 0 Å². The third-order valence-electron chi connectivity index (χ3n) is 9.83. The average Bonchev–Trinajstić information content (AvgIpc) is 3.23. The van der Waals surface area contributed by atoms with Gasteiger partial charge in [-0.05, 0) is 51.4 Å². The molecular weight excluding hydrogens is 791 g/mol.